The molecule has 2 rings (SSSR count). The van der Waals surface area contributed by atoms with Crippen LogP contribution in [-0.2, 0) is 11.2 Å². The van der Waals surface area contributed by atoms with E-state index in [4.69, 9.17) is 0 Å². The highest BCUT2D eigenvalue weighted by Gasteiger charge is 1.99. The third-order valence-corrected chi connectivity index (χ3v) is 2.71. The van der Waals surface area contributed by atoms with Crippen molar-refractivity contribution >= 4 is 22.2 Å². The average molecular weight is 279 g/mol. The molecule has 0 aliphatic carbocycles. The highest BCUT2D eigenvalue weighted by Crippen LogP contribution is 2.13. The quantitative estimate of drug-likeness (QED) is 0.807. The number of nitrogens with zero attached hydrogens (tertiary/aromatic N) is 2. The molecule has 0 atom stereocenters. The number of carbonyl (C=O) groups is 1. The molecule has 4 heteroatoms. The summed E-state index contributed by atoms with van der Waals surface area (Å²) in [5, 5.41) is 4.19. The van der Waals surface area contributed by atoms with Gasteiger partial charge in [-0.15, -0.1) is 0 Å². The summed E-state index contributed by atoms with van der Waals surface area (Å²) in [7, 11) is 0. The fraction of sp³-hybridized carbons (Fsp3) is 0.167. The zero-order valence-corrected chi connectivity index (χ0v) is 10.2. The Labute approximate surface area is 102 Å². The predicted molar refractivity (Wildman–Crippen MR) is 65.6 cm³/mol. The first kappa shape index (κ1) is 11.1. The van der Waals surface area contributed by atoms with Crippen LogP contribution in [0.15, 0.2) is 41.1 Å². The van der Waals surface area contributed by atoms with Crippen LogP contribution in [0.3, 0.4) is 0 Å². The zero-order valence-electron chi connectivity index (χ0n) is 8.64. The topological polar surface area (TPSA) is 34.9 Å². The van der Waals surface area contributed by atoms with Crippen molar-refractivity contribution < 1.29 is 4.79 Å². The van der Waals surface area contributed by atoms with Crippen LogP contribution in [0.2, 0.25) is 0 Å². The van der Waals surface area contributed by atoms with Crippen LogP contribution in [0.1, 0.15) is 12.0 Å². The van der Waals surface area contributed by atoms with Crippen molar-refractivity contribution in [2.24, 2.45) is 0 Å². The molecule has 0 N–H and O–H groups in total. The van der Waals surface area contributed by atoms with Crippen molar-refractivity contribution in [3.63, 3.8) is 0 Å². The summed E-state index contributed by atoms with van der Waals surface area (Å²) in [5.41, 5.74) is 2.18. The molecule has 0 unspecified atom stereocenters. The maximum absolute atomic E-state index is 10.3. The van der Waals surface area contributed by atoms with Crippen molar-refractivity contribution in [3.05, 3.63) is 46.7 Å². The van der Waals surface area contributed by atoms with E-state index in [1.54, 1.807) is 10.9 Å². The Morgan fingerprint density at radius 2 is 2.06 bits per heavy atom. The summed E-state index contributed by atoms with van der Waals surface area (Å²) in [6.45, 7) is 0. The van der Waals surface area contributed by atoms with Gasteiger partial charge in [0.05, 0.1) is 16.4 Å². The second kappa shape index (κ2) is 5.07. The molecule has 1 aromatic carbocycles. The smallest absolute Gasteiger partial charge is 0.120 e. The summed E-state index contributed by atoms with van der Waals surface area (Å²) in [5.74, 6) is 0. The SMILES string of the molecule is O=CCCc1ccc(-n2cc(Br)cn2)cc1. The molecule has 0 aliphatic heterocycles. The molecule has 16 heavy (non-hydrogen) atoms. The van der Waals surface area contributed by atoms with Gasteiger partial charge in [-0.3, -0.25) is 0 Å². The number of aryl methyl sites for hydroxylation is 1. The maximum Gasteiger partial charge on any atom is 0.120 e. The number of carbonyl (C=O) groups excluding carboxylic acids is 1. The summed E-state index contributed by atoms with van der Waals surface area (Å²) < 4.78 is 2.76. The van der Waals surface area contributed by atoms with Gasteiger partial charge in [0.25, 0.3) is 0 Å². The first-order valence-electron chi connectivity index (χ1n) is 5.03. The Morgan fingerprint density at radius 3 is 2.62 bits per heavy atom. The van der Waals surface area contributed by atoms with Crippen LogP contribution in [-0.4, -0.2) is 16.1 Å². The van der Waals surface area contributed by atoms with Gasteiger partial charge in [-0.25, -0.2) is 4.68 Å². The van der Waals surface area contributed by atoms with Crippen molar-refractivity contribution in [2.45, 2.75) is 12.8 Å². The number of aromatic nitrogens is 2. The second-order valence-corrected chi connectivity index (χ2v) is 4.39. The van der Waals surface area contributed by atoms with E-state index < -0.39 is 0 Å². The Balaban J connectivity index is 2.15. The van der Waals surface area contributed by atoms with Crippen LogP contribution in [0, 0.1) is 0 Å². The Bertz CT molecular complexity index is 476. The third kappa shape index (κ3) is 2.58. The van der Waals surface area contributed by atoms with E-state index in [2.05, 4.69) is 21.0 Å². The fourth-order valence-electron chi connectivity index (χ4n) is 1.48. The Kier molecular flexibility index (Phi) is 3.51. The van der Waals surface area contributed by atoms with Crippen LogP contribution >= 0.6 is 15.9 Å². The lowest BCUT2D eigenvalue weighted by atomic mass is 10.1. The Hall–Kier alpha value is -1.42. The molecule has 0 saturated heterocycles. The fourth-order valence-corrected chi connectivity index (χ4v) is 1.77. The van der Waals surface area contributed by atoms with Crippen LogP contribution < -0.4 is 0 Å². The van der Waals surface area contributed by atoms with E-state index in [0.717, 1.165) is 22.9 Å². The minimum absolute atomic E-state index is 0.576. The first-order chi connectivity index (χ1) is 7.79. The number of hydrogen-bond donors (Lipinski definition) is 0. The van der Waals surface area contributed by atoms with Crippen LogP contribution in [0.25, 0.3) is 5.69 Å². The molecule has 0 bridgehead atoms. The highest BCUT2D eigenvalue weighted by atomic mass is 79.9. The van der Waals surface area contributed by atoms with Gasteiger partial charge in [-0.1, -0.05) is 12.1 Å². The van der Waals surface area contributed by atoms with Gasteiger partial charge in [0.2, 0.25) is 0 Å². The monoisotopic (exact) mass is 278 g/mol. The van der Waals surface area contributed by atoms with E-state index in [-0.39, 0.29) is 0 Å². The standard InChI is InChI=1S/C12H11BrN2O/c13-11-8-14-15(9-11)12-5-3-10(4-6-12)2-1-7-16/h3-9H,1-2H2. The van der Waals surface area contributed by atoms with Crippen LogP contribution in [0.5, 0.6) is 0 Å². The largest absolute Gasteiger partial charge is 0.303 e. The number of hydrogen-bond acceptors (Lipinski definition) is 2. The minimum Gasteiger partial charge on any atom is -0.303 e. The van der Waals surface area contributed by atoms with E-state index in [9.17, 15) is 4.79 Å². The van der Waals surface area contributed by atoms with E-state index in [1.807, 2.05) is 30.5 Å². The molecule has 0 fully saturated rings. The van der Waals surface area contributed by atoms with Gasteiger partial charge in [-0.2, -0.15) is 5.10 Å². The number of aldehydes is 1. The van der Waals surface area contributed by atoms with Gasteiger partial charge >= 0.3 is 0 Å². The van der Waals surface area contributed by atoms with Gasteiger partial charge in [0, 0.05) is 12.6 Å². The van der Waals surface area contributed by atoms with Gasteiger partial charge in [-0.05, 0) is 40.0 Å². The predicted octanol–water partition coefficient (Wildman–Crippen LogP) is 2.77. The average Bonchev–Trinajstić information content (AvgIpc) is 2.74. The van der Waals surface area contributed by atoms with Gasteiger partial charge < -0.3 is 4.79 Å². The number of benzene rings is 1. The highest BCUT2D eigenvalue weighted by molar-refractivity contribution is 9.10. The molecule has 1 aromatic heterocycles. The molecular formula is C12H11BrN2O. The summed E-state index contributed by atoms with van der Waals surface area (Å²) >= 11 is 3.36. The van der Waals surface area contributed by atoms with Crippen molar-refractivity contribution in [1.29, 1.82) is 0 Å². The number of halogens is 1. The number of rotatable bonds is 4. The third-order valence-electron chi connectivity index (χ3n) is 2.30. The minimum atomic E-state index is 0.576. The molecule has 0 amide bonds. The van der Waals surface area contributed by atoms with Crippen molar-refractivity contribution in [3.8, 4) is 5.69 Å². The molecule has 0 aliphatic rings. The molecule has 1 heterocycles. The van der Waals surface area contributed by atoms with Gasteiger partial charge in [0.1, 0.15) is 6.29 Å². The van der Waals surface area contributed by atoms with Gasteiger partial charge in [0.15, 0.2) is 0 Å². The second-order valence-electron chi connectivity index (χ2n) is 3.47. The van der Waals surface area contributed by atoms with Crippen LogP contribution in [0.4, 0.5) is 0 Å². The molecular weight excluding hydrogens is 268 g/mol. The summed E-state index contributed by atoms with van der Waals surface area (Å²) in [6, 6.07) is 8.04. The lowest BCUT2D eigenvalue weighted by Gasteiger charge is -2.02. The lowest BCUT2D eigenvalue weighted by molar-refractivity contribution is -0.107. The molecule has 3 nitrogen and oxygen atoms in total. The lowest BCUT2D eigenvalue weighted by Crippen LogP contribution is -1.94. The van der Waals surface area contributed by atoms with E-state index in [0.29, 0.717) is 6.42 Å². The zero-order chi connectivity index (χ0) is 11.4. The molecule has 0 saturated carbocycles. The normalized spacial score (nSPS) is 10.3. The summed E-state index contributed by atoms with van der Waals surface area (Å²) in [4.78, 5) is 10.3. The molecule has 0 spiro atoms. The van der Waals surface area contributed by atoms with Crippen molar-refractivity contribution in [2.75, 3.05) is 0 Å². The van der Waals surface area contributed by atoms with Crippen molar-refractivity contribution in [1.82, 2.24) is 9.78 Å². The molecule has 0 radical (unpaired) electrons. The Morgan fingerprint density at radius 1 is 1.31 bits per heavy atom. The van der Waals surface area contributed by atoms with E-state index >= 15 is 0 Å². The molecule has 2 aromatic rings. The first-order valence-corrected chi connectivity index (χ1v) is 5.82. The maximum atomic E-state index is 10.3. The molecule has 82 valence electrons. The van der Waals surface area contributed by atoms with E-state index in [1.165, 1.54) is 5.56 Å². The summed E-state index contributed by atoms with van der Waals surface area (Å²) in [6.07, 6.45) is 5.97.